The Balaban J connectivity index is 0. The van der Waals surface area contributed by atoms with E-state index in [0.29, 0.717) is 5.78 Å². The topological polar surface area (TPSA) is 37.3 Å². The number of ketones is 1. The van der Waals surface area contributed by atoms with Crippen LogP contribution in [0.15, 0.2) is 0 Å². The van der Waals surface area contributed by atoms with Crippen molar-refractivity contribution in [2.45, 2.75) is 104 Å². The highest BCUT2D eigenvalue weighted by molar-refractivity contribution is 5.75. The minimum absolute atomic E-state index is 0.325. The van der Waals surface area contributed by atoms with Gasteiger partial charge in [-0.15, -0.1) is 0 Å². The fraction of sp³-hybridized carbons (Fsp3) is 0.941. The van der Waals surface area contributed by atoms with Gasteiger partial charge < -0.3 is 9.90 Å². The zero-order chi connectivity index (χ0) is 15.1. The van der Waals surface area contributed by atoms with E-state index in [0.717, 1.165) is 25.7 Å². The quantitative estimate of drug-likeness (QED) is 0.550. The summed E-state index contributed by atoms with van der Waals surface area (Å²) in [7, 11) is 0. The van der Waals surface area contributed by atoms with E-state index in [1.807, 2.05) is 13.8 Å². The molecule has 0 aliphatic heterocycles. The van der Waals surface area contributed by atoms with Gasteiger partial charge in [0.15, 0.2) is 0 Å². The van der Waals surface area contributed by atoms with Crippen LogP contribution in [0, 0.1) is 0 Å². The molecule has 2 nitrogen and oxygen atoms in total. The molecule has 19 heavy (non-hydrogen) atoms. The molecule has 116 valence electrons. The summed E-state index contributed by atoms with van der Waals surface area (Å²) in [5.41, 5.74) is -0.451. The normalized spacial score (nSPS) is 10.8. The van der Waals surface area contributed by atoms with E-state index in [4.69, 9.17) is 0 Å². The SMILES string of the molecule is CCCCCCC(C)(C)O.CCCCCCC(C)=O. The molecule has 0 aromatic carbocycles. The molecule has 0 fully saturated rings. The van der Waals surface area contributed by atoms with E-state index in [-0.39, 0.29) is 0 Å². The van der Waals surface area contributed by atoms with Crippen LogP contribution in [-0.2, 0) is 4.79 Å². The van der Waals surface area contributed by atoms with Gasteiger partial charge >= 0.3 is 0 Å². The molecule has 0 saturated carbocycles. The van der Waals surface area contributed by atoms with Crippen molar-refractivity contribution in [1.29, 1.82) is 0 Å². The summed E-state index contributed by atoms with van der Waals surface area (Å²) in [6.07, 6.45) is 11.5. The van der Waals surface area contributed by atoms with Gasteiger partial charge in [0, 0.05) is 6.42 Å². The Morgan fingerprint density at radius 3 is 1.74 bits per heavy atom. The summed E-state index contributed by atoms with van der Waals surface area (Å²) in [5.74, 6) is 0.325. The maximum absolute atomic E-state index is 10.4. The van der Waals surface area contributed by atoms with Crippen LogP contribution < -0.4 is 0 Å². The molecule has 0 bridgehead atoms. The zero-order valence-corrected chi connectivity index (χ0v) is 13.9. The molecule has 0 aromatic rings. The molecule has 0 aromatic heterocycles. The molecule has 0 atom stereocenters. The van der Waals surface area contributed by atoms with E-state index in [1.54, 1.807) is 6.92 Å². The van der Waals surface area contributed by atoms with Crippen LogP contribution in [0.2, 0.25) is 0 Å². The van der Waals surface area contributed by atoms with Gasteiger partial charge in [0.25, 0.3) is 0 Å². The number of rotatable bonds is 10. The molecule has 0 rings (SSSR count). The van der Waals surface area contributed by atoms with E-state index >= 15 is 0 Å². The summed E-state index contributed by atoms with van der Waals surface area (Å²) < 4.78 is 0. The van der Waals surface area contributed by atoms with E-state index in [1.165, 1.54) is 38.5 Å². The van der Waals surface area contributed by atoms with Crippen LogP contribution in [0.25, 0.3) is 0 Å². The van der Waals surface area contributed by atoms with E-state index in [9.17, 15) is 9.90 Å². The van der Waals surface area contributed by atoms with Crippen LogP contribution in [0.5, 0.6) is 0 Å². The Labute approximate surface area is 121 Å². The Hall–Kier alpha value is -0.370. The molecular weight excluding hydrogens is 236 g/mol. The molecular formula is C17H36O2. The van der Waals surface area contributed by atoms with Gasteiger partial charge in [-0.2, -0.15) is 0 Å². The maximum Gasteiger partial charge on any atom is 0.129 e. The van der Waals surface area contributed by atoms with Crippen LogP contribution >= 0.6 is 0 Å². The minimum Gasteiger partial charge on any atom is -0.390 e. The average Bonchev–Trinajstić information content (AvgIpc) is 2.30. The van der Waals surface area contributed by atoms with E-state index < -0.39 is 5.60 Å². The first-order valence-corrected chi connectivity index (χ1v) is 8.05. The monoisotopic (exact) mass is 272 g/mol. The smallest absolute Gasteiger partial charge is 0.129 e. The fourth-order valence-electron chi connectivity index (χ4n) is 1.79. The largest absolute Gasteiger partial charge is 0.390 e. The van der Waals surface area contributed by atoms with Crippen molar-refractivity contribution in [1.82, 2.24) is 0 Å². The van der Waals surface area contributed by atoms with Gasteiger partial charge in [0.2, 0.25) is 0 Å². The summed E-state index contributed by atoms with van der Waals surface area (Å²) in [4.78, 5) is 10.4. The molecule has 0 radical (unpaired) electrons. The number of carbonyl (C=O) groups is 1. The van der Waals surface area contributed by atoms with Crippen molar-refractivity contribution in [2.75, 3.05) is 0 Å². The third kappa shape index (κ3) is 27.0. The van der Waals surface area contributed by atoms with Crippen molar-refractivity contribution in [2.24, 2.45) is 0 Å². The Morgan fingerprint density at radius 2 is 1.37 bits per heavy atom. The van der Waals surface area contributed by atoms with Gasteiger partial charge in [-0.25, -0.2) is 0 Å². The molecule has 0 heterocycles. The Bertz CT molecular complexity index is 192. The zero-order valence-electron chi connectivity index (χ0n) is 13.9. The van der Waals surface area contributed by atoms with E-state index in [2.05, 4.69) is 13.8 Å². The lowest BCUT2D eigenvalue weighted by Gasteiger charge is -2.15. The summed E-state index contributed by atoms with van der Waals surface area (Å²) in [6, 6.07) is 0. The molecule has 0 spiro atoms. The second-order valence-corrected chi connectivity index (χ2v) is 6.14. The number of Topliss-reactive ketones (excluding diaryl/α,β-unsaturated/α-hetero) is 1. The van der Waals surface area contributed by atoms with Crippen molar-refractivity contribution in [3.8, 4) is 0 Å². The number of carbonyl (C=O) groups excluding carboxylic acids is 1. The fourth-order valence-corrected chi connectivity index (χ4v) is 1.79. The molecule has 0 amide bonds. The van der Waals surface area contributed by atoms with Crippen LogP contribution in [0.1, 0.15) is 98.8 Å². The number of aliphatic hydroxyl groups is 1. The molecule has 0 saturated heterocycles. The lowest BCUT2D eigenvalue weighted by Crippen LogP contribution is -2.17. The molecule has 2 heteroatoms. The summed E-state index contributed by atoms with van der Waals surface area (Å²) in [6.45, 7) is 9.78. The highest BCUT2D eigenvalue weighted by Crippen LogP contribution is 2.13. The van der Waals surface area contributed by atoms with Crippen molar-refractivity contribution >= 4 is 5.78 Å². The predicted molar refractivity (Wildman–Crippen MR) is 84.5 cm³/mol. The van der Waals surface area contributed by atoms with Crippen molar-refractivity contribution < 1.29 is 9.90 Å². The van der Waals surface area contributed by atoms with Gasteiger partial charge in [0.1, 0.15) is 5.78 Å². The Morgan fingerprint density at radius 1 is 0.895 bits per heavy atom. The van der Waals surface area contributed by atoms with Crippen molar-refractivity contribution in [3.05, 3.63) is 0 Å². The lowest BCUT2D eigenvalue weighted by atomic mass is 10.0. The minimum atomic E-state index is -0.451. The summed E-state index contributed by atoms with van der Waals surface area (Å²) >= 11 is 0. The van der Waals surface area contributed by atoms with Gasteiger partial charge in [0.05, 0.1) is 5.60 Å². The summed E-state index contributed by atoms with van der Waals surface area (Å²) in [5, 5.41) is 9.32. The molecule has 0 unspecified atom stereocenters. The highest BCUT2D eigenvalue weighted by Gasteiger charge is 2.10. The van der Waals surface area contributed by atoms with Crippen LogP contribution in [0.3, 0.4) is 0 Å². The van der Waals surface area contributed by atoms with Crippen LogP contribution in [-0.4, -0.2) is 16.5 Å². The van der Waals surface area contributed by atoms with Gasteiger partial charge in [-0.05, 0) is 33.6 Å². The number of unbranched alkanes of at least 4 members (excludes halogenated alkanes) is 6. The lowest BCUT2D eigenvalue weighted by molar-refractivity contribution is -0.117. The maximum atomic E-state index is 10.4. The van der Waals surface area contributed by atoms with Gasteiger partial charge in [-0.3, -0.25) is 0 Å². The van der Waals surface area contributed by atoms with Crippen LogP contribution in [0.4, 0.5) is 0 Å². The first kappa shape index (κ1) is 20.9. The van der Waals surface area contributed by atoms with Crippen molar-refractivity contribution in [3.63, 3.8) is 0 Å². The molecule has 0 aliphatic carbocycles. The first-order chi connectivity index (χ1) is 8.83. The third-order valence-corrected chi connectivity index (χ3v) is 3.02. The Kier molecular flexibility index (Phi) is 15.5. The second kappa shape index (κ2) is 14.0. The van der Waals surface area contributed by atoms with Gasteiger partial charge in [-0.1, -0.05) is 58.8 Å². The molecule has 0 aliphatic rings. The predicted octanol–water partition coefficient (Wildman–Crippen LogP) is 5.27. The average molecular weight is 272 g/mol. The standard InChI is InChI=1S/C9H20O.C8H16O/c1-4-5-6-7-8-9(2,3)10;1-3-4-5-6-7-8(2)9/h10H,4-8H2,1-3H3;3-7H2,1-2H3. The highest BCUT2D eigenvalue weighted by atomic mass is 16.3. The number of hydrogen-bond acceptors (Lipinski definition) is 2. The number of hydrogen-bond donors (Lipinski definition) is 1. The first-order valence-electron chi connectivity index (χ1n) is 8.05. The second-order valence-electron chi connectivity index (χ2n) is 6.14. The molecule has 1 N–H and O–H groups in total. The third-order valence-electron chi connectivity index (χ3n) is 3.02.